The maximum absolute atomic E-state index is 9.68. The third-order valence-electron chi connectivity index (χ3n) is 3.29. The molecule has 0 aromatic heterocycles. The second-order valence-electron chi connectivity index (χ2n) is 4.13. The highest BCUT2D eigenvalue weighted by Crippen LogP contribution is 2.36. The summed E-state index contributed by atoms with van der Waals surface area (Å²) in [6, 6.07) is 4.17. The Bertz CT molecular complexity index is 376. The van der Waals surface area contributed by atoms with Crippen LogP contribution < -0.4 is 4.74 Å². The molecule has 1 aromatic carbocycles. The number of phenols is 1. The molecule has 0 aliphatic carbocycles. The third-order valence-corrected chi connectivity index (χ3v) is 3.29. The molecule has 0 fully saturated rings. The van der Waals surface area contributed by atoms with Crippen molar-refractivity contribution >= 4 is 0 Å². The first kappa shape index (κ1) is 10.3. The van der Waals surface area contributed by atoms with Crippen molar-refractivity contribution < 1.29 is 9.84 Å². The fourth-order valence-electron chi connectivity index (χ4n) is 2.12. The van der Waals surface area contributed by atoms with Crippen LogP contribution in [0.1, 0.15) is 24.1 Å². The number of hydrogen-bond acceptors (Lipinski definition) is 3. The Morgan fingerprint density at radius 1 is 1.47 bits per heavy atom. The monoisotopic (exact) mass is 207 g/mol. The average Bonchev–Trinajstić information content (AvgIpc) is 2.23. The van der Waals surface area contributed by atoms with Gasteiger partial charge in [-0.2, -0.15) is 0 Å². The van der Waals surface area contributed by atoms with Crippen molar-refractivity contribution in [2.75, 3.05) is 20.7 Å². The van der Waals surface area contributed by atoms with E-state index in [4.69, 9.17) is 4.74 Å². The van der Waals surface area contributed by atoms with E-state index in [9.17, 15) is 5.11 Å². The zero-order valence-corrected chi connectivity index (χ0v) is 9.45. The highest BCUT2D eigenvalue weighted by Gasteiger charge is 2.22. The van der Waals surface area contributed by atoms with Crippen LogP contribution in [0.5, 0.6) is 11.5 Å². The fourth-order valence-corrected chi connectivity index (χ4v) is 2.12. The molecule has 1 aliphatic heterocycles. The number of rotatable bonds is 1. The normalized spacial score (nSPS) is 21.1. The smallest absolute Gasteiger partial charge is 0.160 e. The predicted molar refractivity (Wildman–Crippen MR) is 59.4 cm³/mol. The second-order valence-corrected chi connectivity index (χ2v) is 4.13. The van der Waals surface area contributed by atoms with Gasteiger partial charge in [0.2, 0.25) is 0 Å². The van der Waals surface area contributed by atoms with Crippen LogP contribution in [0.15, 0.2) is 12.1 Å². The molecular weight excluding hydrogens is 190 g/mol. The first-order valence-electron chi connectivity index (χ1n) is 5.23. The lowest BCUT2D eigenvalue weighted by Gasteiger charge is -2.32. The number of aromatic hydroxyl groups is 1. The van der Waals surface area contributed by atoms with E-state index in [1.807, 2.05) is 12.1 Å². The van der Waals surface area contributed by atoms with Crippen molar-refractivity contribution in [1.29, 1.82) is 0 Å². The van der Waals surface area contributed by atoms with Crippen molar-refractivity contribution in [3.05, 3.63) is 23.3 Å². The first-order chi connectivity index (χ1) is 7.13. The quantitative estimate of drug-likeness (QED) is 0.764. The number of phenolic OH excluding ortho intramolecular Hbond substituents is 1. The molecular formula is C12H17NO2. The summed E-state index contributed by atoms with van der Waals surface area (Å²) in [4.78, 5) is 2.30. The number of benzene rings is 1. The fraction of sp³-hybridized carbons (Fsp3) is 0.500. The van der Waals surface area contributed by atoms with Gasteiger partial charge in [0, 0.05) is 12.6 Å². The van der Waals surface area contributed by atoms with E-state index in [2.05, 4.69) is 18.9 Å². The molecule has 15 heavy (non-hydrogen) atoms. The molecule has 1 aromatic rings. The molecule has 0 saturated carbocycles. The van der Waals surface area contributed by atoms with Gasteiger partial charge in [-0.1, -0.05) is 0 Å². The zero-order chi connectivity index (χ0) is 11.0. The minimum absolute atomic E-state index is 0.244. The number of methoxy groups -OCH3 is 1. The second kappa shape index (κ2) is 3.74. The molecule has 1 aliphatic rings. The van der Waals surface area contributed by atoms with Crippen LogP contribution >= 0.6 is 0 Å². The molecule has 0 spiro atoms. The molecule has 0 bridgehead atoms. The summed E-state index contributed by atoms with van der Waals surface area (Å²) in [5.41, 5.74) is 2.50. The van der Waals surface area contributed by atoms with Crippen LogP contribution in [0.3, 0.4) is 0 Å². The summed E-state index contributed by atoms with van der Waals surface area (Å²) in [5, 5.41) is 9.68. The van der Waals surface area contributed by atoms with Crippen LogP contribution in [-0.2, 0) is 6.42 Å². The number of likely N-dealkylation sites (N-methyl/N-ethyl adjacent to an activating group) is 1. The summed E-state index contributed by atoms with van der Waals surface area (Å²) in [6.07, 6.45) is 0.994. The molecule has 1 N–H and O–H groups in total. The highest BCUT2D eigenvalue weighted by molar-refractivity contribution is 5.48. The van der Waals surface area contributed by atoms with Gasteiger partial charge in [-0.05, 0) is 43.7 Å². The molecule has 1 heterocycles. The molecule has 0 unspecified atom stereocenters. The molecule has 0 saturated heterocycles. The summed E-state index contributed by atoms with van der Waals surface area (Å²) in [7, 11) is 3.70. The Morgan fingerprint density at radius 2 is 2.20 bits per heavy atom. The lowest BCUT2D eigenvalue weighted by Crippen LogP contribution is -2.30. The molecule has 2 rings (SSSR count). The van der Waals surface area contributed by atoms with Crippen molar-refractivity contribution in [3.63, 3.8) is 0 Å². The summed E-state index contributed by atoms with van der Waals surface area (Å²) in [5.74, 6) is 0.809. The topological polar surface area (TPSA) is 32.7 Å². The van der Waals surface area contributed by atoms with E-state index in [1.165, 1.54) is 11.1 Å². The van der Waals surface area contributed by atoms with Gasteiger partial charge in [0.25, 0.3) is 0 Å². The van der Waals surface area contributed by atoms with Crippen molar-refractivity contribution in [1.82, 2.24) is 4.90 Å². The molecule has 1 atom stereocenters. The Kier molecular flexibility index (Phi) is 2.57. The Labute approximate surface area is 90.3 Å². The number of fused-ring (bicyclic) bond motifs is 1. The predicted octanol–water partition coefficient (Wildman–Crippen LogP) is 1.95. The Morgan fingerprint density at radius 3 is 2.87 bits per heavy atom. The number of ether oxygens (including phenoxy) is 1. The Balaban J connectivity index is 2.48. The minimum atomic E-state index is 0.244. The van der Waals surface area contributed by atoms with Gasteiger partial charge >= 0.3 is 0 Å². The summed E-state index contributed by atoms with van der Waals surface area (Å²) in [6.45, 7) is 3.22. The van der Waals surface area contributed by atoms with E-state index >= 15 is 0 Å². The largest absolute Gasteiger partial charge is 0.504 e. The maximum atomic E-state index is 9.68. The minimum Gasteiger partial charge on any atom is -0.504 e. The lowest BCUT2D eigenvalue weighted by molar-refractivity contribution is 0.246. The third kappa shape index (κ3) is 1.67. The van der Waals surface area contributed by atoms with Crippen LogP contribution in [0, 0.1) is 0 Å². The van der Waals surface area contributed by atoms with Crippen LogP contribution in [-0.4, -0.2) is 30.7 Å². The van der Waals surface area contributed by atoms with Gasteiger partial charge in [0.1, 0.15) is 0 Å². The summed E-state index contributed by atoms with van der Waals surface area (Å²) >= 11 is 0. The van der Waals surface area contributed by atoms with Crippen molar-refractivity contribution in [2.45, 2.75) is 19.4 Å². The van der Waals surface area contributed by atoms with Crippen LogP contribution in [0.2, 0.25) is 0 Å². The molecule has 0 amide bonds. The summed E-state index contributed by atoms with van der Waals surface area (Å²) < 4.78 is 5.13. The van der Waals surface area contributed by atoms with Gasteiger partial charge in [0.05, 0.1) is 7.11 Å². The van der Waals surface area contributed by atoms with Gasteiger partial charge < -0.3 is 9.84 Å². The van der Waals surface area contributed by atoms with Gasteiger partial charge in [-0.15, -0.1) is 0 Å². The zero-order valence-electron chi connectivity index (χ0n) is 9.45. The van der Waals surface area contributed by atoms with E-state index in [1.54, 1.807) is 7.11 Å². The lowest BCUT2D eigenvalue weighted by atomic mass is 9.93. The number of nitrogens with zero attached hydrogens (tertiary/aromatic N) is 1. The Hall–Kier alpha value is -1.22. The van der Waals surface area contributed by atoms with Gasteiger partial charge in [-0.3, -0.25) is 4.90 Å². The maximum Gasteiger partial charge on any atom is 0.160 e. The van der Waals surface area contributed by atoms with Gasteiger partial charge in [0.15, 0.2) is 11.5 Å². The van der Waals surface area contributed by atoms with Crippen molar-refractivity contribution in [2.24, 2.45) is 0 Å². The molecule has 82 valence electrons. The molecule has 3 heteroatoms. The van der Waals surface area contributed by atoms with E-state index < -0.39 is 0 Å². The van der Waals surface area contributed by atoms with E-state index in [-0.39, 0.29) is 5.75 Å². The SMILES string of the molecule is COc1cc2c(cc1O)CCN(C)[C@H]2C. The number of hydrogen-bond donors (Lipinski definition) is 1. The van der Waals surface area contributed by atoms with E-state index in [0.717, 1.165) is 13.0 Å². The molecule has 3 nitrogen and oxygen atoms in total. The van der Waals surface area contributed by atoms with Gasteiger partial charge in [-0.25, -0.2) is 0 Å². The average molecular weight is 207 g/mol. The first-order valence-corrected chi connectivity index (χ1v) is 5.23. The standard InChI is InChI=1S/C12H17NO2/c1-8-10-7-12(15-3)11(14)6-9(10)4-5-13(8)2/h6-8,14H,4-5H2,1-3H3/t8-/m0/s1. The highest BCUT2D eigenvalue weighted by atomic mass is 16.5. The molecule has 0 radical (unpaired) electrons. The van der Waals surface area contributed by atoms with Crippen molar-refractivity contribution in [3.8, 4) is 11.5 Å². The van der Waals surface area contributed by atoms with Crippen LogP contribution in [0.25, 0.3) is 0 Å². The van der Waals surface area contributed by atoms with E-state index in [0.29, 0.717) is 11.8 Å². The van der Waals surface area contributed by atoms with Crippen LogP contribution in [0.4, 0.5) is 0 Å².